The maximum atomic E-state index is 15.1. The molecular formula is C48H47N3O12. The number of nitrogens with one attached hydrogen (secondary N) is 2. The van der Waals surface area contributed by atoms with Crippen molar-refractivity contribution in [2.75, 3.05) is 19.8 Å². The number of hydrogen-bond donors (Lipinski definition) is 3. The Bertz CT molecular complexity index is 2400. The Morgan fingerprint density at radius 2 is 1.56 bits per heavy atom. The van der Waals surface area contributed by atoms with Crippen LogP contribution in [0.1, 0.15) is 58.4 Å². The van der Waals surface area contributed by atoms with Crippen LogP contribution in [0.25, 0.3) is 6.08 Å². The third kappa shape index (κ3) is 7.59. The molecule has 1 saturated carbocycles. The summed E-state index contributed by atoms with van der Waals surface area (Å²) in [5.41, 5.74) is 1.39. The Morgan fingerprint density at radius 1 is 0.857 bits per heavy atom. The first-order valence-corrected chi connectivity index (χ1v) is 20.9. The first-order valence-electron chi connectivity index (χ1n) is 20.9. The number of cyclic esters (lactones) is 1. The van der Waals surface area contributed by atoms with E-state index in [4.69, 9.17) is 28.5 Å². The van der Waals surface area contributed by atoms with Crippen molar-refractivity contribution in [1.82, 2.24) is 15.7 Å². The third-order valence-electron chi connectivity index (χ3n) is 12.4. The van der Waals surface area contributed by atoms with E-state index in [0.717, 1.165) is 0 Å². The van der Waals surface area contributed by atoms with Crippen molar-refractivity contribution >= 4 is 35.8 Å². The van der Waals surface area contributed by atoms with Gasteiger partial charge >= 0.3 is 17.9 Å². The molecule has 4 aromatic carbocycles. The molecule has 4 aliphatic heterocycles. The lowest BCUT2D eigenvalue weighted by atomic mass is 9.62. The van der Waals surface area contributed by atoms with Gasteiger partial charge in [0, 0.05) is 47.7 Å². The Morgan fingerprint density at radius 3 is 2.25 bits per heavy atom. The van der Waals surface area contributed by atoms with E-state index in [1.54, 1.807) is 62.4 Å². The van der Waals surface area contributed by atoms with Gasteiger partial charge in [0.25, 0.3) is 5.91 Å². The topological polar surface area (TPSA) is 188 Å². The second-order valence-electron chi connectivity index (χ2n) is 17.0. The number of ether oxygens (including phenoxy) is 5. The highest BCUT2D eigenvalue weighted by molar-refractivity contribution is 5.95. The lowest BCUT2D eigenvalue weighted by Crippen LogP contribution is -2.69. The molecule has 7 atom stereocenters. The molecule has 2 bridgehead atoms. The van der Waals surface area contributed by atoms with E-state index in [2.05, 4.69) is 10.6 Å². The zero-order valence-electron chi connectivity index (χ0n) is 34.6. The fourth-order valence-electron chi connectivity index (χ4n) is 9.39. The summed E-state index contributed by atoms with van der Waals surface area (Å²) in [6.45, 7) is 3.58. The van der Waals surface area contributed by atoms with Gasteiger partial charge in [-0.3, -0.25) is 19.2 Å². The highest BCUT2D eigenvalue weighted by atomic mass is 16.8. The minimum absolute atomic E-state index is 0.0146. The fourth-order valence-corrected chi connectivity index (χ4v) is 9.39. The second kappa shape index (κ2) is 16.8. The van der Waals surface area contributed by atoms with Gasteiger partial charge in [0.2, 0.25) is 17.8 Å². The average Bonchev–Trinajstić information content (AvgIpc) is 3.96. The van der Waals surface area contributed by atoms with Gasteiger partial charge in [-0.1, -0.05) is 111 Å². The highest BCUT2D eigenvalue weighted by Crippen LogP contribution is 2.59. The lowest BCUT2D eigenvalue weighted by Gasteiger charge is -2.48. The molecule has 63 heavy (non-hydrogen) atoms. The Labute approximate surface area is 363 Å². The number of carbonyl (C=O) groups excluding carboxylic acids is 5. The van der Waals surface area contributed by atoms with E-state index in [1.807, 2.05) is 66.7 Å². The van der Waals surface area contributed by atoms with Gasteiger partial charge < -0.3 is 39.4 Å². The normalized spacial score (nSPS) is 27.6. The number of benzene rings is 4. The maximum Gasteiger partial charge on any atom is 0.348 e. The number of hydrogen-bond acceptors (Lipinski definition) is 13. The number of nitrogens with zero attached hydrogens (tertiary/aromatic N) is 1. The van der Waals surface area contributed by atoms with E-state index < -0.39 is 77.0 Å². The van der Waals surface area contributed by atoms with Crippen LogP contribution < -0.4 is 10.6 Å². The van der Waals surface area contributed by atoms with E-state index >= 15 is 4.79 Å². The lowest BCUT2D eigenvalue weighted by molar-refractivity contribution is -0.213. The third-order valence-corrected chi connectivity index (χ3v) is 12.4. The molecule has 9 rings (SSSR count). The molecule has 3 N–H and O–H groups in total. The van der Waals surface area contributed by atoms with Crippen molar-refractivity contribution in [3.8, 4) is 0 Å². The molecule has 0 radical (unpaired) electrons. The van der Waals surface area contributed by atoms with Gasteiger partial charge in [-0.25, -0.2) is 9.59 Å². The summed E-state index contributed by atoms with van der Waals surface area (Å²) >= 11 is 0. The molecule has 4 heterocycles. The van der Waals surface area contributed by atoms with E-state index in [9.17, 15) is 24.3 Å². The number of rotatable bonds is 13. The highest BCUT2D eigenvalue weighted by Gasteiger charge is 2.76. The molecule has 5 fully saturated rings. The van der Waals surface area contributed by atoms with Crippen LogP contribution in [0.4, 0.5) is 0 Å². The predicted octanol–water partition coefficient (Wildman–Crippen LogP) is 3.72. The SMILES string of the molecule is CC1(C)COC(=O)[C@@H]1OC(=O)C=Cc1ccccc1CN1O[C@@H]2[C@H]3OC(c4ccccc4)(c4ccccc4)O[C@H]3[C@H]3C[C@]2(C(=O)NCc2cccc(C(=O)NCCO)c2)[C@@H]1C(=O)O3. The first kappa shape index (κ1) is 42.1. The molecule has 4 saturated heterocycles. The number of fused-ring (bicyclic) bond motifs is 4. The molecule has 1 aliphatic carbocycles. The van der Waals surface area contributed by atoms with Crippen molar-refractivity contribution in [2.45, 2.75) is 75.7 Å². The molecule has 326 valence electrons. The standard InChI is InChI=1S/C48H47N3O12/c1-46(2)28-58-44(56)41(46)60-36(53)21-20-30-13-9-10-14-32(30)27-51-39-43(55)59-35-25-47(39,45(57)50-26-29-12-11-15-31(24-29)42(54)49-22-23-52)40(63-51)38-37(35)61-48(62-38,33-16-5-3-6-17-33)34-18-7-4-8-19-34/h3-21,24,35,37-41,52H,22-23,25-28H2,1-2H3,(H,49,54)(H,50,57)/t35-,37+,38+,39+,40-,41+,47+/m1/s1. The number of hydroxylamine groups is 2. The second-order valence-corrected chi connectivity index (χ2v) is 17.0. The van der Waals surface area contributed by atoms with E-state index in [-0.39, 0.29) is 45.2 Å². The summed E-state index contributed by atoms with van der Waals surface area (Å²) in [6.07, 6.45) is -1.90. The van der Waals surface area contributed by atoms with Crippen LogP contribution in [0.5, 0.6) is 0 Å². The average molecular weight is 858 g/mol. The molecular weight excluding hydrogens is 811 g/mol. The Balaban J connectivity index is 1.05. The van der Waals surface area contributed by atoms with Gasteiger partial charge in [-0.2, -0.15) is 5.06 Å². The predicted molar refractivity (Wildman–Crippen MR) is 222 cm³/mol. The molecule has 4 aromatic rings. The van der Waals surface area contributed by atoms with Crippen molar-refractivity contribution in [1.29, 1.82) is 0 Å². The summed E-state index contributed by atoms with van der Waals surface area (Å²) in [5.74, 6) is -4.30. The zero-order valence-corrected chi connectivity index (χ0v) is 34.6. The number of aliphatic hydroxyl groups is 1. The molecule has 5 aliphatic rings. The molecule has 15 heteroatoms. The molecule has 0 aromatic heterocycles. The van der Waals surface area contributed by atoms with Crippen molar-refractivity contribution in [3.05, 3.63) is 149 Å². The van der Waals surface area contributed by atoms with Crippen LogP contribution in [-0.4, -0.2) is 96.2 Å². The van der Waals surface area contributed by atoms with E-state index in [1.165, 1.54) is 11.1 Å². The van der Waals surface area contributed by atoms with Crippen molar-refractivity contribution in [3.63, 3.8) is 0 Å². The largest absolute Gasteiger partial charge is 0.462 e. The first-order chi connectivity index (χ1) is 30.4. The number of aliphatic hydroxyl groups excluding tert-OH is 1. The zero-order chi connectivity index (χ0) is 43.9. The summed E-state index contributed by atoms with van der Waals surface area (Å²) in [6, 6.07) is 31.6. The summed E-state index contributed by atoms with van der Waals surface area (Å²) in [4.78, 5) is 74.4. The summed E-state index contributed by atoms with van der Waals surface area (Å²) in [5, 5.41) is 16.4. The molecule has 0 spiro atoms. The molecule has 0 unspecified atom stereocenters. The van der Waals surface area contributed by atoms with Crippen molar-refractivity contribution in [2.24, 2.45) is 10.8 Å². The monoisotopic (exact) mass is 857 g/mol. The van der Waals surface area contributed by atoms with Crippen LogP contribution in [0.2, 0.25) is 0 Å². The van der Waals surface area contributed by atoms with Gasteiger partial charge in [0.05, 0.1) is 13.2 Å². The van der Waals surface area contributed by atoms with Crippen LogP contribution in [-0.2, 0) is 66.6 Å². The van der Waals surface area contributed by atoms with Gasteiger partial charge in [-0.05, 0) is 34.9 Å². The molecule has 2 amide bonds. The maximum absolute atomic E-state index is 15.1. The van der Waals surface area contributed by atoms with Crippen LogP contribution in [0.3, 0.4) is 0 Å². The summed E-state index contributed by atoms with van der Waals surface area (Å²) in [7, 11) is 0. The number of carbonyl (C=O) groups is 5. The van der Waals surface area contributed by atoms with E-state index in [0.29, 0.717) is 33.4 Å². The Kier molecular flexibility index (Phi) is 11.2. The van der Waals surface area contributed by atoms with Crippen LogP contribution >= 0.6 is 0 Å². The minimum Gasteiger partial charge on any atom is -0.462 e. The van der Waals surface area contributed by atoms with Crippen molar-refractivity contribution < 1.29 is 57.6 Å². The van der Waals surface area contributed by atoms with Crippen LogP contribution in [0.15, 0.2) is 115 Å². The van der Waals surface area contributed by atoms with Gasteiger partial charge in [0.1, 0.15) is 36.4 Å². The molecule has 15 nitrogen and oxygen atoms in total. The summed E-state index contributed by atoms with van der Waals surface area (Å²) < 4.78 is 30.9. The Hall–Kier alpha value is -6.23. The van der Waals surface area contributed by atoms with Gasteiger partial charge in [-0.15, -0.1) is 0 Å². The number of esters is 3. The fraction of sp³-hybridized carbons (Fsp3) is 0.354. The number of amides is 2. The smallest absolute Gasteiger partial charge is 0.348 e. The van der Waals surface area contributed by atoms with Crippen LogP contribution in [0, 0.1) is 10.8 Å². The van der Waals surface area contributed by atoms with Gasteiger partial charge in [0.15, 0.2) is 6.04 Å². The quantitative estimate of drug-likeness (QED) is 0.100. The minimum atomic E-state index is -1.54.